The van der Waals surface area contributed by atoms with Crippen molar-refractivity contribution in [2.24, 2.45) is 0 Å². The Kier molecular flexibility index (Phi) is 4.50. The summed E-state index contributed by atoms with van der Waals surface area (Å²) in [5, 5.41) is 4.01. The van der Waals surface area contributed by atoms with Crippen molar-refractivity contribution in [2.45, 2.75) is 25.3 Å². The van der Waals surface area contributed by atoms with Crippen LogP contribution < -0.4 is 10.1 Å². The van der Waals surface area contributed by atoms with Gasteiger partial charge in [-0.05, 0) is 30.9 Å². The summed E-state index contributed by atoms with van der Waals surface area (Å²) >= 11 is 6.32. The van der Waals surface area contributed by atoms with E-state index in [2.05, 4.69) is 5.32 Å². The van der Waals surface area contributed by atoms with Crippen molar-refractivity contribution < 1.29 is 9.53 Å². The fourth-order valence-electron chi connectivity index (χ4n) is 2.19. The molecule has 1 unspecified atom stereocenters. The van der Waals surface area contributed by atoms with E-state index < -0.39 is 5.38 Å². The summed E-state index contributed by atoms with van der Waals surface area (Å²) in [6.45, 7) is 3.82. The number of halogens is 1. The molecule has 0 saturated carbocycles. The van der Waals surface area contributed by atoms with Crippen LogP contribution in [-0.4, -0.2) is 19.1 Å². The average Bonchev–Trinajstić information content (AvgIpc) is 2.44. The van der Waals surface area contributed by atoms with E-state index >= 15 is 0 Å². The van der Waals surface area contributed by atoms with Gasteiger partial charge in [-0.15, -0.1) is 11.6 Å². The van der Waals surface area contributed by atoms with Crippen LogP contribution in [0.25, 0.3) is 10.8 Å². The van der Waals surface area contributed by atoms with Gasteiger partial charge in [-0.1, -0.05) is 30.3 Å². The molecule has 4 heteroatoms. The summed E-state index contributed by atoms with van der Waals surface area (Å²) in [5.41, 5.74) is 0.793. The van der Waals surface area contributed by atoms with E-state index in [-0.39, 0.29) is 11.9 Å². The molecule has 0 aromatic heterocycles. The van der Waals surface area contributed by atoms with Gasteiger partial charge in [-0.2, -0.15) is 0 Å². The minimum atomic E-state index is -0.715. The van der Waals surface area contributed by atoms with Crippen LogP contribution in [-0.2, 0) is 4.79 Å². The molecule has 106 valence electrons. The first-order chi connectivity index (χ1) is 9.54. The number of benzene rings is 2. The molecule has 0 aliphatic rings. The lowest BCUT2D eigenvalue weighted by Crippen LogP contribution is -2.32. The van der Waals surface area contributed by atoms with Gasteiger partial charge < -0.3 is 10.1 Å². The van der Waals surface area contributed by atoms with Gasteiger partial charge in [-0.25, -0.2) is 0 Å². The quantitative estimate of drug-likeness (QED) is 0.873. The van der Waals surface area contributed by atoms with Crippen LogP contribution >= 0.6 is 11.6 Å². The molecule has 0 aliphatic carbocycles. The Morgan fingerprint density at radius 2 is 1.80 bits per heavy atom. The Hall–Kier alpha value is -1.74. The summed E-state index contributed by atoms with van der Waals surface area (Å²) < 4.78 is 5.34. The van der Waals surface area contributed by atoms with Gasteiger partial charge in [-0.3, -0.25) is 4.79 Å². The van der Waals surface area contributed by atoms with Crippen molar-refractivity contribution in [2.75, 3.05) is 7.11 Å². The lowest BCUT2D eigenvalue weighted by molar-refractivity contribution is -0.121. The predicted octanol–water partition coefficient (Wildman–Crippen LogP) is 3.65. The van der Waals surface area contributed by atoms with Gasteiger partial charge in [0.25, 0.3) is 0 Å². The molecule has 1 atom stereocenters. The second kappa shape index (κ2) is 6.14. The second-order valence-electron chi connectivity index (χ2n) is 4.93. The maximum atomic E-state index is 12.1. The first-order valence-electron chi connectivity index (χ1n) is 6.54. The number of ether oxygens (including phenoxy) is 1. The third-order valence-corrected chi connectivity index (χ3v) is 3.51. The first-order valence-corrected chi connectivity index (χ1v) is 6.98. The fraction of sp³-hybridized carbons (Fsp3) is 0.312. The number of carbonyl (C=O) groups excluding carboxylic acids is 1. The van der Waals surface area contributed by atoms with Gasteiger partial charge in [0.05, 0.1) is 7.11 Å². The van der Waals surface area contributed by atoms with Crippen LogP contribution in [0.15, 0.2) is 36.4 Å². The monoisotopic (exact) mass is 291 g/mol. The molecule has 20 heavy (non-hydrogen) atoms. The molecule has 2 aromatic carbocycles. The minimum Gasteiger partial charge on any atom is -0.496 e. The van der Waals surface area contributed by atoms with E-state index in [1.165, 1.54) is 0 Å². The Balaban J connectivity index is 2.47. The highest BCUT2D eigenvalue weighted by Gasteiger charge is 2.21. The lowest BCUT2D eigenvalue weighted by atomic mass is 10.0. The third kappa shape index (κ3) is 2.88. The zero-order valence-electron chi connectivity index (χ0n) is 11.8. The molecule has 0 heterocycles. The Labute approximate surface area is 123 Å². The molecule has 0 bridgehead atoms. The van der Waals surface area contributed by atoms with E-state index in [1.807, 2.05) is 50.2 Å². The Bertz CT molecular complexity index is 625. The molecule has 1 amide bonds. The normalized spacial score (nSPS) is 12.4. The smallest absolute Gasteiger partial charge is 0.242 e. The van der Waals surface area contributed by atoms with E-state index in [4.69, 9.17) is 16.3 Å². The largest absolute Gasteiger partial charge is 0.496 e. The maximum Gasteiger partial charge on any atom is 0.242 e. The number of methoxy groups -OCH3 is 1. The standard InChI is InChI=1S/C16H18ClNO2/c1-10(2)18-16(19)15(17)13-8-9-14(20-3)12-7-5-4-6-11(12)13/h4-10,15H,1-3H3,(H,18,19). The number of fused-ring (bicyclic) bond motifs is 1. The number of rotatable bonds is 4. The molecule has 2 rings (SSSR count). The molecule has 3 nitrogen and oxygen atoms in total. The molecule has 0 aliphatic heterocycles. The molecule has 2 aromatic rings. The van der Waals surface area contributed by atoms with Crippen LogP contribution in [0.1, 0.15) is 24.8 Å². The Morgan fingerprint density at radius 1 is 1.15 bits per heavy atom. The summed E-state index contributed by atoms with van der Waals surface area (Å²) in [5.74, 6) is 0.592. The van der Waals surface area contributed by atoms with Gasteiger partial charge in [0.15, 0.2) is 0 Å². The molecule has 1 N–H and O–H groups in total. The minimum absolute atomic E-state index is 0.0632. The number of carbonyl (C=O) groups is 1. The third-order valence-electron chi connectivity index (χ3n) is 3.07. The zero-order chi connectivity index (χ0) is 14.7. The molecule has 0 radical (unpaired) electrons. The fourth-order valence-corrected chi connectivity index (χ4v) is 2.45. The van der Waals surface area contributed by atoms with E-state index in [0.717, 1.165) is 22.1 Å². The summed E-state index contributed by atoms with van der Waals surface area (Å²) in [6, 6.07) is 11.5. The summed E-state index contributed by atoms with van der Waals surface area (Å²) in [4.78, 5) is 12.1. The number of hydrogen-bond acceptors (Lipinski definition) is 2. The van der Waals surface area contributed by atoms with E-state index in [1.54, 1.807) is 7.11 Å². The number of amides is 1. The second-order valence-corrected chi connectivity index (χ2v) is 5.36. The van der Waals surface area contributed by atoms with Crippen LogP contribution in [0.5, 0.6) is 5.75 Å². The van der Waals surface area contributed by atoms with Crippen molar-refractivity contribution in [1.29, 1.82) is 0 Å². The maximum absolute atomic E-state index is 12.1. The topological polar surface area (TPSA) is 38.3 Å². The molecular formula is C16H18ClNO2. The highest BCUT2D eigenvalue weighted by Crippen LogP contribution is 2.34. The molecule has 0 spiro atoms. The van der Waals surface area contributed by atoms with Gasteiger partial charge >= 0.3 is 0 Å². The number of alkyl halides is 1. The van der Waals surface area contributed by atoms with E-state index in [0.29, 0.717) is 0 Å². The SMILES string of the molecule is COc1ccc(C(Cl)C(=O)NC(C)C)c2ccccc12. The Morgan fingerprint density at radius 3 is 2.40 bits per heavy atom. The van der Waals surface area contributed by atoms with Crippen LogP contribution in [0.3, 0.4) is 0 Å². The predicted molar refractivity (Wildman–Crippen MR) is 82.4 cm³/mol. The zero-order valence-corrected chi connectivity index (χ0v) is 12.6. The highest BCUT2D eigenvalue weighted by molar-refractivity contribution is 6.31. The molecule has 0 saturated heterocycles. The lowest BCUT2D eigenvalue weighted by Gasteiger charge is -2.16. The van der Waals surface area contributed by atoms with Gasteiger partial charge in [0.2, 0.25) is 5.91 Å². The van der Waals surface area contributed by atoms with Gasteiger partial charge in [0.1, 0.15) is 11.1 Å². The van der Waals surface area contributed by atoms with Crippen LogP contribution in [0, 0.1) is 0 Å². The molecular weight excluding hydrogens is 274 g/mol. The van der Waals surface area contributed by atoms with Crippen molar-refractivity contribution >= 4 is 28.3 Å². The average molecular weight is 292 g/mol. The van der Waals surface area contributed by atoms with Crippen molar-refractivity contribution in [3.63, 3.8) is 0 Å². The first kappa shape index (κ1) is 14.7. The summed E-state index contributed by atoms with van der Waals surface area (Å²) in [6.07, 6.45) is 0. The highest BCUT2D eigenvalue weighted by atomic mass is 35.5. The van der Waals surface area contributed by atoms with E-state index in [9.17, 15) is 4.79 Å². The van der Waals surface area contributed by atoms with Crippen LogP contribution in [0.4, 0.5) is 0 Å². The number of hydrogen-bond donors (Lipinski definition) is 1. The number of nitrogens with one attached hydrogen (secondary N) is 1. The summed E-state index contributed by atoms with van der Waals surface area (Å²) in [7, 11) is 1.63. The van der Waals surface area contributed by atoms with Crippen LogP contribution in [0.2, 0.25) is 0 Å². The van der Waals surface area contributed by atoms with Crippen molar-refractivity contribution in [3.05, 3.63) is 42.0 Å². The van der Waals surface area contributed by atoms with Gasteiger partial charge in [0, 0.05) is 11.4 Å². The van der Waals surface area contributed by atoms with Crippen molar-refractivity contribution in [1.82, 2.24) is 5.32 Å². The molecule has 0 fully saturated rings. The van der Waals surface area contributed by atoms with Crippen molar-refractivity contribution in [3.8, 4) is 5.75 Å².